The van der Waals surface area contributed by atoms with Gasteiger partial charge in [-0.05, 0) is 37.3 Å². The molecule has 5 heteroatoms. The van der Waals surface area contributed by atoms with Crippen LogP contribution in [0, 0.1) is 5.82 Å². The lowest BCUT2D eigenvalue weighted by molar-refractivity contribution is 0.0526. The standard InChI is InChI=1S/C16H14ClFO3/c1-3-21-16(19)10-4-6-12(14(17)8-10)13-9-11(20-2)5-7-15(13)18/h4-9H,3H2,1-2H3. The molecule has 0 atom stereocenters. The summed E-state index contributed by atoms with van der Waals surface area (Å²) in [4.78, 5) is 11.6. The minimum atomic E-state index is -0.461. The molecule has 0 amide bonds. The fraction of sp³-hybridized carbons (Fsp3) is 0.188. The quantitative estimate of drug-likeness (QED) is 0.789. The molecular weight excluding hydrogens is 295 g/mol. The Labute approximate surface area is 127 Å². The molecule has 0 aromatic heterocycles. The molecule has 0 saturated carbocycles. The Morgan fingerprint density at radius 2 is 1.95 bits per heavy atom. The number of carbonyl (C=O) groups excluding carboxylic acids is 1. The Hall–Kier alpha value is -2.07. The Morgan fingerprint density at radius 3 is 2.57 bits per heavy atom. The number of methoxy groups -OCH3 is 1. The number of benzene rings is 2. The molecule has 0 spiro atoms. The van der Waals surface area contributed by atoms with Crippen LogP contribution in [0.5, 0.6) is 5.75 Å². The van der Waals surface area contributed by atoms with Crippen LogP contribution in [0.2, 0.25) is 5.02 Å². The van der Waals surface area contributed by atoms with Gasteiger partial charge in [0.2, 0.25) is 0 Å². The number of halogens is 2. The number of hydrogen-bond acceptors (Lipinski definition) is 3. The fourth-order valence-corrected chi connectivity index (χ4v) is 2.20. The first-order chi connectivity index (χ1) is 10.1. The molecule has 0 unspecified atom stereocenters. The molecule has 0 radical (unpaired) electrons. The molecule has 21 heavy (non-hydrogen) atoms. The van der Waals surface area contributed by atoms with E-state index in [0.29, 0.717) is 22.4 Å². The van der Waals surface area contributed by atoms with Gasteiger partial charge in [-0.2, -0.15) is 0 Å². The third-order valence-corrected chi connectivity index (χ3v) is 3.26. The highest BCUT2D eigenvalue weighted by Crippen LogP contribution is 2.33. The van der Waals surface area contributed by atoms with E-state index in [1.54, 1.807) is 25.1 Å². The van der Waals surface area contributed by atoms with Crippen LogP contribution in [0.25, 0.3) is 11.1 Å². The van der Waals surface area contributed by atoms with Crippen molar-refractivity contribution in [3.05, 3.63) is 52.8 Å². The Bertz CT molecular complexity index is 671. The van der Waals surface area contributed by atoms with Gasteiger partial charge in [0.25, 0.3) is 0 Å². The molecule has 2 rings (SSSR count). The molecule has 0 heterocycles. The summed E-state index contributed by atoms with van der Waals surface area (Å²) in [5, 5.41) is 0.271. The highest BCUT2D eigenvalue weighted by atomic mass is 35.5. The maximum Gasteiger partial charge on any atom is 0.338 e. The zero-order chi connectivity index (χ0) is 15.4. The second-order valence-electron chi connectivity index (χ2n) is 4.26. The SMILES string of the molecule is CCOC(=O)c1ccc(-c2cc(OC)ccc2F)c(Cl)c1. The first-order valence-electron chi connectivity index (χ1n) is 6.37. The zero-order valence-corrected chi connectivity index (χ0v) is 12.4. The molecule has 110 valence electrons. The predicted molar refractivity (Wildman–Crippen MR) is 79.4 cm³/mol. The first kappa shape index (κ1) is 15.3. The van der Waals surface area contributed by atoms with Crippen LogP contribution in [0.15, 0.2) is 36.4 Å². The predicted octanol–water partition coefficient (Wildman–Crippen LogP) is 4.33. The van der Waals surface area contributed by atoms with E-state index in [0.717, 1.165) is 0 Å². The van der Waals surface area contributed by atoms with Crippen molar-refractivity contribution >= 4 is 17.6 Å². The summed E-state index contributed by atoms with van der Waals surface area (Å²) in [7, 11) is 1.50. The lowest BCUT2D eigenvalue weighted by atomic mass is 10.0. The largest absolute Gasteiger partial charge is 0.497 e. The molecule has 3 nitrogen and oxygen atoms in total. The van der Waals surface area contributed by atoms with E-state index < -0.39 is 11.8 Å². The third kappa shape index (κ3) is 3.34. The van der Waals surface area contributed by atoms with Gasteiger partial charge in [0.1, 0.15) is 11.6 Å². The van der Waals surface area contributed by atoms with Gasteiger partial charge in [-0.1, -0.05) is 17.7 Å². The topological polar surface area (TPSA) is 35.5 Å². The first-order valence-corrected chi connectivity index (χ1v) is 6.75. The number of hydrogen-bond donors (Lipinski definition) is 0. The van der Waals surface area contributed by atoms with Crippen LogP contribution in [-0.4, -0.2) is 19.7 Å². The van der Waals surface area contributed by atoms with Crippen molar-refractivity contribution in [2.75, 3.05) is 13.7 Å². The summed E-state index contributed by atoms with van der Waals surface area (Å²) in [6.45, 7) is 2.00. The van der Waals surface area contributed by atoms with Gasteiger partial charge in [0.05, 0.1) is 19.3 Å². The lowest BCUT2D eigenvalue weighted by Crippen LogP contribution is -2.04. The average molecular weight is 309 g/mol. The number of rotatable bonds is 4. The van der Waals surface area contributed by atoms with Gasteiger partial charge in [0.15, 0.2) is 0 Å². The maximum atomic E-state index is 13.9. The van der Waals surface area contributed by atoms with Crippen LogP contribution in [0.1, 0.15) is 17.3 Å². The highest BCUT2D eigenvalue weighted by molar-refractivity contribution is 6.33. The van der Waals surface area contributed by atoms with Gasteiger partial charge >= 0.3 is 5.97 Å². The minimum Gasteiger partial charge on any atom is -0.497 e. The Morgan fingerprint density at radius 1 is 1.19 bits per heavy atom. The summed E-state index contributed by atoms with van der Waals surface area (Å²) >= 11 is 6.16. The monoisotopic (exact) mass is 308 g/mol. The summed E-state index contributed by atoms with van der Waals surface area (Å²) in [6, 6.07) is 9.00. The summed E-state index contributed by atoms with van der Waals surface area (Å²) in [6.07, 6.45) is 0. The molecule has 0 saturated heterocycles. The van der Waals surface area contributed by atoms with Gasteiger partial charge in [-0.3, -0.25) is 0 Å². The van der Waals surface area contributed by atoms with Crippen molar-refractivity contribution < 1.29 is 18.7 Å². The maximum absolute atomic E-state index is 13.9. The molecule has 0 aliphatic carbocycles. The van der Waals surface area contributed by atoms with E-state index in [-0.39, 0.29) is 11.6 Å². The number of ether oxygens (including phenoxy) is 2. The van der Waals surface area contributed by atoms with Crippen molar-refractivity contribution in [1.82, 2.24) is 0 Å². The van der Waals surface area contributed by atoms with E-state index in [9.17, 15) is 9.18 Å². The Balaban J connectivity index is 2.44. The van der Waals surface area contributed by atoms with Crippen molar-refractivity contribution in [3.63, 3.8) is 0 Å². The lowest BCUT2D eigenvalue weighted by Gasteiger charge is -2.09. The van der Waals surface area contributed by atoms with Gasteiger partial charge in [-0.15, -0.1) is 0 Å². The average Bonchev–Trinajstić information content (AvgIpc) is 2.48. The number of carbonyl (C=O) groups is 1. The summed E-state index contributed by atoms with van der Waals surface area (Å²) < 4.78 is 23.9. The van der Waals surface area contributed by atoms with Crippen molar-refractivity contribution in [3.8, 4) is 16.9 Å². The van der Waals surface area contributed by atoms with E-state index in [1.807, 2.05) is 0 Å². The molecule has 0 bridgehead atoms. The molecule has 2 aromatic carbocycles. The fourth-order valence-electron chi connectivity index (χ4n) is 1.91. The van der Waals surface area contributed by atoms with Crippen molar-refractivity contribution in [1.29, 1.82) is 0 Å². The summed E-state index contributed by atoms with van der Waals surface area (Å²) in [5.74, 6) is -0.351. The normalized spacial score (nSPS) is 10.3. The van der Waals surface area contributed by atoms with Crippen LogP contribution < -0.4 is 4.74 Å². The highest BCUT2D eigenvalue weighted by Gasteiger charge is 2.14. The second kappa shape index (κ2) is 6.59. The van der Waals surface area contributed by atoms with Crippen molar-refractivity contribution in [2.45, 2.75) is 6.92 Å². The van der Waals surface area contributed by atoms with Crippen LogP contribution in [0.4, 0.5) is 4.39 Å². The second-order valence-corrected chi connectivity index (χ2v) is 4.67. The van der Waals surface area contributed by atoms with E-state index in [2.05, 4.69) is 0 Å². The molecule has 0 fully saturated rings. The van der Waals surface area contributed by atoms with E-state index in [4.69, 9.17) is 21.1 Å². The van der Waals surface area contributed by atoms with E-state index in [1.165, 1.54) is 25.3 Å². The molecular formula is C16H14ClFO3. The van der Waals surface area contributed by atoms with Crippen LogP contribution >= 0.6 is 11.6 Å². The molecule has 0 N–H and O–H groups in total. The minimum absolute atomic E-state index is 0.271. The molecule has 0 aliphatic heterocycles. The smallest absolute Gasteiger partial charge is 0.338 e. The van der Waals surface area contributed by atoms with E-state index >= 15 is 0 Å². The molecule has 2 aromatic rings. The van der Waals surface area contributed by atoms with Gasteiger partial charge in [0, 0.05) is 16.1 Å². The van der Waals surface area contributed by atoms with Gasteiger partial charge < -0.3 is 9.47 Å². The molecule has 0 aliphatic rings. The third-order valence-electron chi connectivity index (χ3n) is 2.94. The van der Waals surface area contributed by atoms with Crippen LogP contribution in [0.3, 0.4) is 0 Å². The zero-order valence-electron chi connectivity index (χ0n) is 11.7. The number of esters is 1. The Kier molecular flexibility index (Phi) is 4.81. The van der Waals surface area contributed by atoms with Gasteiger partial charge in [-0.25, -0.2) is 9.18 Å². The van der Waals surface area contributed by atoms with Crippen LogP contribution in [-0.2, 0) is 4.74 Å². The van der Waals surface area contributed by atoms with Crippen molar-refractivity contribution in [2.24, 2.45) is 0 Å². The summed E-state index contributed by atoms with van der Waals surface area (Å²) in [5.41, 5.74) is 1.13.